The molecule has 0 bridgehead atoms. The maximum Gasteiger partial charge on any atom is 0.175 e. The van der Waals surface area contributed by atoms with Crippen molar-refractivity contribution in [2.75, 3.05) is 19.5 Å². The number of hydrogen-bond donors (Lipinski definition) is 0. The molecular weight excluding hydrogens is 310 g/mol. The van der Waals surface area contributed by atoms with Gasteiger partial charge in [0.25, 0.3) is 0 Å². The first-order valence-electron chi connectivity index (χ1n) is 7.68. The molecule has 2 rings (SSSR count). The number of methoxy groups -OCH3 is 1. The van der Waals surface area contributed by atoms with Crippen molar-refractivity contribution in [3.8, 4) is 0 Å². The zero-order chi connectivity index (χ0) is 17.1. The fourth-order valence-electron chi connectivity index (χ4n) is 2.53. The number of ketones is 1. The van der Waals surface area contributed by atoms with Gasteiger partial charge in [-0.25, -0.2) is 4.98 Å². The monoisotopic (exact) mass is 335 g/mol. The van der Waals surface area contributed by atoms with E-state index in [2.05, 4.69) is 16.5 Å². The fraction of sp³-hybridized carbons (Fsp3) is 0.529. The van der Waals surface area contributed by atoms with Crippen LogP contribution in [0, 0.1) is 27.7 Å². The van der Waals surface area contributed by atoms with Crippen LogP contribution in [-0.4, -0.2) is 39.4 Å². The third-order valence-electron chi connectivity index (χ3n) is 4.35. The summed E-state index contributed by atoms with van der Waals surface area (Å²) in [5, 5.41) is 0.885. The number of aryl methyl sites for hydroxylation is 2. The lowest BCUT2D eigenvalue weighted by molar-refractivity contribution is 0.102. The Bertz CT molecular complexity index is 716. The summed E-state index contributed by atoms with van der Waals surface area (Å²) in [7, 11) is 3.68. The molecule has 0 saturated heterocycles. The Labute approximate surface area is 142 Å². The van der Waals surface area contributed by atoms with Gasteiger partial charge in [0.05, 0.1) is 18.1 Å². The third-order valence-corrected chi connectivity index (χ3v) is 5.33. The molecule has 0 radical (unpaired) electrons. The van der Waals surface area contributed by atoms with E-state index in [1.165, 1.54) is 11.8 Å². The topological polar surface area (TPSA) is 49.0 Å². The van der Waals surface area contributed by atoms with Crippen molar-refractivity contribution in [1.29, 1.82) is 0 Å². The minimum absolute atomic E-state index is 0.146. The lowest BCUT2D eigenvalue weighted by atomic mass is 10.2. The standard InChI is InChI=1S/C17H25N3O2S/c1-11-9-15(14(4)19(11)5)16(21)10-23-17-18-12(2)13(3)20(17)7-8-22-6/h9H,7-8,10H2,1-6H3. The second-order valence-corrected chi connectivity index (χ2v) is 6.71. The SMILES string of the molecule is COCCn1c(SCC(=O)c2cc(C)n(C)c2C)nc(C)c1C. The van der Waals surface area contributed by atoms with Gasteiger partial charge in [-0.3, -0.25) is 4.79 Å². The van der Waals surface area contributed by atoms with Crippen molar-refractivity contribution < 1.29 is 9.53 Å². The van der Waals surface area contributed by atoms with E-state index in [1.807, 2.05) is 38.5 Å². The van der Waals surface area contributed by atoms with E-state index in [-0.39, 0.29) is 5.78 Å². The van der Waals surface area contributed by atoms with E-state index in [0.717, 1.165) is 40.0 Å². The van der Waals surface area contributed by atoms with E-state index in [4.69, 9.17) is 4.74 Å². The molecule has 0 saturated carbocycles. The van der Waals surface area contributed by atoms with Crippen LogP contribution in [0.2, 0.25) is 0 Å². The summed E-state index contributed by atoms with van der Waals surface area (Å²) in [6.07, 6.45) is 0. The Morgan fingerprint density at radius 2 is 1.96 bits per heavy atom. The van der Waals surface area contributed by atoms with Gasteiger partial charge in [-0.15, -0.1) is 0 Å². The van der Waals surface area contributed by atoms with Crippen LogP contribution >= 0.6 is 11.8 Å². The number of carbonyl (C=O) groups excluding carboxylic acids is 1. The number of hydrogen-bond acceptors (Lipinski definition) is 4. The highest BCUT2D eigenvalue weighted by Gasteiger charge is 2.17. The van der Waals surface area contributed by atoms with Gasteiger partial charge in [-0.2, -0.15) is 0 Å². The van der Waals surface area contributed by atoms with Crippen molar-refractivity contribution in [1.82, 2.24) is 14.1 Å². The van der Waals surface area contributed by atoms with Gasteiger partial charge < -0.3 is 13.9 Å². The predicted molar refractivity (Wildman–Crippen MR) is 93.5 cm³/mol. The summed E-state index contributed by atoms with van der Waals surface area (Å²) in [4.78, 5) is 17.1. The maximum atomic E-state index is 12.5. The second kappa shape index (κ2) is 7.36. The first-order valence-corrected chi connectivity index (χ1v) is 8.67. The largest absolute Gasteiger partial charge is 0.383 e. The maximum absolute atomic E-state index is 12.5. The molecule has 0 aromatic carbocycles. The number of Topliss-reactive ketones (excluding diaryl/α,β-unsaturated/α-hetero) is 1. The van der Waals surface area contributed by atoms with Gasteiger partial charge in [-0.1, -0.05) is 11.8 Å². The number of thioether (sulfide) groups is 1. The Hall–Kier alpha value is -1.53. The summed E-state index contributed by atoms with van der Waals surface area (Å²) in [5.41, 5.74) is 5.06. The highest BCUT2D eigenvalue weighted by atomic mass is 32.2. The molecule has 0 N–H and O–H groups in total. The molecule has 0 fully saturated rings. The quantitative estimate of drug-likeness (QED) is 0.576. The minimum atomic E-state index is 0.146. The molecule has 23 heavy (non-hydrogen) atoms. The van der Waals surface area contributed by atoms with Crippen LogP contribution in [0.15, 0.2) is 11.2 Å². The average Bonchev–Trinajstić information content (AvgIpc) is 2.94. The van der Waals surface area contributed by atoms with Crippen LogP contribution in [-0.2, 0) is 18.3 Å². The molecule has 0 aliphatic carbocycles. The Morgan fingerprint density at radius 3 is 2.52 bits per heavy atom. The predicted octanol–water partition coefficient (Wildman–Crippen LogP) is 3.08. The average molecular weight is 335 g/mol. The molecule has 2 aromatic heterocycles. The van der Waals surface area contributed by atoms with Crippen LogP contribution in [0.4, 0.5) is 0 Å². The minimum Gasteiger partial charge on any atom is -0.383 e. The normalized spacial score (nSPS) is 11.2. The molecule has 0 amide bonds. The van der Waals surface area contributed by atoms with Gasteiger partial charge >= 0.3 is 0 Å². The second-order valence-electron chi connectivity index (χ2n) is 5.77. The number of rotatable bonds is 7. The molecule has 0 unspecified atom stereocenters. The van der Waals surface area contributed by atoms with Crippen LogP contribution in [0.5, 0.6) is 0 Å². The van der Waals surface area contributed by atoms with Gasteiger partial charge in [0.2, 0.25) is 0 Å². The van der Waals surface area contributed by atoms with E-state index in [9.17, 15) is 4.79 Å². The molecule has 0 aliphatic rings. The number of imidazole rings is 1. The summed E-state index contributed by atoms with van der Waals surface area (Å²) in [6.45, 7) is 9.43. The molecule has 6 heteroatoms. The molecule has 0 aliphatic heterocycles. The van der Waals surface area contributed by atoms with E-state index < -0.39 is 0 Å². The van der Waals surface area contributed by atoms with Crippen LogP contribution in [0.1, 0.15) is 33.1 Å². The molecule has 0 spiro atoms. The first kappa shape index (κ1) is 17.8. The molecule has 126 valence electrons. The Kier molecular flexibility index (Phi) is 5.70. The number of aromatic nitrogens is 3. The van der Waals surface area contributed by atoms with Crippen molar-refractivity contribution in [2.24, 2.45) is 7.05 Å². The van der Waals surface area contributed by atoms with Crippen molar-refractivity contribution >= 4 is 17.5 Å². The molecule has 2 heterocycles. The zero-order valence-electron chi connectivity index (χ0n) is 14.8. The number of nitrogens with zero attached hydrogens (tertiary/aromatic N) is 3. The Morgan fingerprint density at radius 1 is 1.26 bits per heavy atom. The smallest absolute Gasteiger partial charge is 0.175 e. The van der Waals surface area contributed by atoms with E-state index in [1.54, 1.807) is 7.11 Å². The lowest BCUT2D eigenvalue weighted by Crippen LogP contribution is -2.09. The molecular formula is C17H25N3O2S. The van der Waals surface area contributed by atoms with Crippen LogP contribution < -0.4 is 0 Å². The highest BCUT2D eigenvalue weighted by Crippen LogP contribution is 2.23. The fourth-order valence-corrected chi connectivity index (χ4v) is 3.53. The first-order chi connectivity index (χ1) is 10.9. The van der Waals surface area contributed by atoms with Gasteiger partial charge in [0.15, 0.2) is 10.9 Å². The highest BCUT2D eigenvalue weighted by molar-refractivity contribution is 7.99. The molecule has 0 atom stereocenters. The molecule has 2 aromatic rings. The third kappa shape index (κ3) is 3.70. The van der Waals surface area contributed by atoms with Gasteiger partial charge in [0.1, 0.15) is 0 Å². The summed E-state index contributed by atoms with van der Waals surface area (Å²) in [5.74, 6) is 0.542. The summed E-state index contributed by atoms with van der Waals surface area (Å²) in [6, 6.07) is 1.96. The van der Waals surface area contributed by atoms with E-state index in [0.29, 0.717) is 12.4 Å². The molecule has 5 nitrogen and oxygen atoms in total. The van der Waals surface area contributed by atoms with Crippen molar-refractivity contribution in [3.05, 3.63) is 34.4 Å². The number of ether oxygens (including phenoxy) is 1. The number of carbonyl (C=O) groups is 1. The van der Waals surface area contributed by atoms with Crippen LogP contribution in [0.3, 0.4) is 0 Å². The van der Waals surface area contributed by atoms with Crippen molar-refractivity contribution in [3.63, 3.8) is 0 Å². The van der Waals surface area contributed by atoms with Crippen molar-refractivity contribution in [2.45, 2.75) is 39.4 Å². The van der Waals surface area contributed by atoms with Gasteiger partial charge in [-0.05, 0) is 33.8 Å². The van der Waals surface area contributed by atoms with Gasteiger partial charge in [0, 0.05) is 43.3 Å². The zero-order valence-corrected chi connectivity index (χ0v) is 15.6. The Balaban J connectivity index is 2.12. The summed E-state index contributed by atoms with van der Waals surface area (Å²) >= 11 is 1.50. The van der Waals surface area contributed by atoms with Crippen LogP contribution in [0.25, 0.3) is 0 Å². The summed E-state index contributed by atoms with van der Waals surface area (Å²) < 4.78 is 9.34. The van der Waals surface area contributed by atoms with E-state index >= 15 is 0 Å². The lowest BCUT2D eigenvalue weighted by Gasteiger charge is -2.09.